The number of hydrogen-bond acceptors (Lipinski definition) is 5. The Morgan fingerprint density at radius 3 is 2.89 bits per heavy atom. The van der Waals surface area contributed by atoms with Crippen LogP contribution in [0.1, 0.15) is 21.7 Å². The Labute approximate surface area is 155 Å². The number of ether oxygens (including phenoxy) is 2. The van der Waals surface area contributed by atoms with Crippen molar-refractivity contribution < 1.29 is 14.3 Å². The van der Waals surface area contributed by atoms with E-state index in [9.17, 15) is 4.79 Å². The number of benzene rings is 1. The van der Waals surface area contributed by atoms with E-state index in [4.69, 9.17) is 9.47 Å². The summed E-state index contributed by atoms with van der Waals surface area (Å²) in [6.07, 6.45) is 2.67. The summed E-state index contributed by atoms with van der Waals surface area (Å²) in [6.45, 7) is 3.66. The highest BCUT2D eigenvalue weighted by atomic mass is 16.6. The minimum Gasteiger partial charge on any atom is -0.486 e. The predicted molar refractivity (Wildman–Crippen MR) is 99.4 cm³/mol. The van der Waals surface area contributed by atoms with Crippen molar-refractivity contribution in [2.45, 2.75) is 13.3 Å². The van der Waals surface area contributed by atoms with Gasteiger partial charge < -0.3 is 14.4 Å². The molecule has 27 heavy (non-hydrogen) atoms. The van der Waals surface area contributed by atoms with Gasteiger partial charge in [-0.1, -0.05) is 0 Å². The molecule has 1 N–H and O–H groups in total. The second-order valence-electron chi connectivity index (χ2n) is 6.69. The van der Waals surface area contributed by atoms with Gasteiger partial charge in [-0.05, 0) is 49.2 Å². The Morgan fingerprint density at radius 1 is 1.15 bits per heavy atom. The maximum Gasteiger partial charge on any atom is 0.276 e. The molecule has 3 aromatic rings. The first kappa shape index (κ1) is 15.9. The van der Waals surface area contributed by atoms with Crippen LogP contribution in [0.25, 0.3) is 11.3 Å². The highest BCUT2D eigenvalue weighted by molar-refractivity contribution is 6.06. The van der Waals surface area contributed by atoms with Crippen LogP contribution in [0.15, 0.2) is 36.5 Å². The molecule has 0 saturated carbocycles. The van der Waals surface area contributed by atoms with E-state index in [1.165, 1.54) is 0 Å². The number of anilines is 1. The van der Waals surface area contributed by atoms with Crippen LogP contribution in [0.4, 0.5) is 5.69 Å². The van der Waals surface area contributed by atoms with Crippen LogP contribution >= 0.6 is 0 Å². The number of aryl methyl sites for hydroxylation is 1. The molecule has 7 heteroatoms. The van der Waals surface area contributed by atoms with Gasteiger partial charge in [-0.15, -0.1) is 0 Å². The van der Waals surface area contributed by atoms with Gasteiger partial charge in [0.2, 0.25) is 0 Å². The van der Waals surface area contributed by atoms with E-state index in [1.807, 2.05) is 37.4 Å². The molecular formula is C20H18N4O3. The lowest BCUT2D eigenvalue weighted by Gasteiger charge is -2.18. The van der Waals surface area contributed by atoms with Crippen molar-refractivity contribution in [2.75, 3.05) is 24.7 Å². The standard InChI is InChI=1S/C20H18N4O3/c1-12-8-17-14(11-21-12)4-5-24(17)20(25)16-10-15(22-23-16)13-2-3-18-19(9-13)27-7-6-26-18/h2-3,8-11H,4-7H2,1H3,(H,22,23). The summed E-state index contributed by atoms with van der Waals surface area (Å²) in [6, 6.07) is 9.40. The summed E-state index contributed by atoms with van der Waals surface area (Å²) < 4.78 is 11.2. The van der Waals surface area contributed by atoms with Crippen molar-refractivity contribution in [2.24, 2.45) is 0 Å². The van der Waals surface area contributed by atoms with Crippen molar-refractivity contribution >= 4 is 11.6 Å². The Hall–Kier alpha value is -3.35. The summed E-state index contributed by atoms with van der Waals surface area (Å²) >= 11 is 0. The summed E-state index contributed by atoms with van der Waals surface area (Å²) in [5, 5.41) is 7.20. The first-order valence-corrected chi connectivity index (χ1v) is 8.92. The third-order valence-electron chi connectivity index (χ3n) is 4.89. The number of carbonyl (C=O) groups is 1. The fourth-order valence-corrected chi connectivity index (χ4v) is 3.51. The Balaban J connectivity index is 1.43. The number of carbonyl (C=O) groups excluding carboxylic acids is 1. The monoisotopic (exact) mass is 362 g/mol. The van der Waals surface area contributed by atoms with Gasteiger partial charge in [0.1, 0.15) is 18.9 Å². The summed E-state index contributed by atoms with van der Waals surface area (Å²) in [5.74, 6) is 1.34. The van der Waals surface area contributed by atoms with Gasteiger partial charge in [0.15, 0.2) is 11.5 Å². The molecule has 1 amide bonds. The Morgan fingerprint density at radius 2 is 2.00 bits per heavy atom. The van der Waals surface area contributed by atoms with E-state index in [0.717, 1.165) is 34.7 Å². The normalized spacial score (nSPS) is 14.9. The topological polar surface area (TPSA) is 80.3 Å². The average molecular weight is 362 g/mol. The number of pyridine rings is 1. The molecule has 4 heterocycles. The second kappa shape index (κ2) is 6.12. The molecule has 2 aromatic heterocycles. The van der Waals surface area contributed by atoms with E-state index >= 15 is 0 Å². The molecule has 2 aliphatic rings. The third-order valence-corrected chi connectivity index (χ3v) is 4.89. The van der Waals surface area contributed by atoms with Crippen molar-refractivity contribution in [1.29, 1.82) is 0 Å². The van der Waals surface area contributed by atoms with Crippen LogP contribution in [0, 0.1) is 6.92 Å². The molecule has 0 bridgehead atoms. The van der Waals surface area contributed by atoms with Crippen LogP contribution < -0.4 is 14.4 Å². The number of hydrogen-bond donors (Lipinski definition) is 1. The highest BCUT2D eigenvalue weighted by Crippen LogP contribution is 2.34. The predicted octanol–water partition coefficient (Wildman–Crippen LogP) is 2.75. The minimum atomic E-state index is -0.0874. The third kappa shape index (κ3) is 2.71. The molecule has 2 aliphatic heterocycles. The number of H-pyrrole nitrogens is 1. The van der Waals surface area contributed by atoms with E-state index in [1.54, 1.807) is 11.0 Å². The van der Waals surface area contributed by atoms with Gasteiger partial charge in [0.05, 0.1) is 11.4 Å². The van der Waals surface area contributed by atoms with E-state index in [-0.39, 0.29) is 5.91 Å². The molecule has 0 radical (unpaired) electrons. The van der Waals surface area contributed by atoms with E-state index in [2.05, 4.69) is 15.2 Å². The van der Waals surface area contributed by atoms with Gasteiger partial charge >= 0.3 is 0 Å². The highest BCUT2D eigenvalue weighted by Gasteiger charge is 2.27. The molecule has 0 saturated heterocycles. The molecule has 5 rings (SSSR count). The Bertz CT molecular complexity index is 1040. The number of fused-ring (bicyclic) bond motifs is 2. The minimum absolute atomic E-state index is 0.0874. The molecular weight excluding hydrogens is 344 g/mol. The molecule has 0 spiro atoms. The average Bonchev–Trinajstić information content (AvgIpc) is 3.34. The molecule has 0 fully saturated rings. The van der Waals surface area contributed by atoms with Crippen LogP contribution in [0.5, 0.6) is 11.5 Å². The SMILES string of the molecule is Cc1cc2c(cn1)CCN2C(=O)c1cc(-c2ccc3c(c2)OCCO3)n[nH]1. The Kier molecular flexibility index (Phi) is 3.60. The second-order valence-corrected chi connectivity index (χ2v) is 6.69. The fraction of sp³-hybridized carbons (Fsp3) is 0.250. The maximum absolute atomic E-state index is 13.0. The molecule has 7 nitrogen and oxygen atoms in total. The first-order valence-electron chi connectivity index (χ1n) is 8.92. The summed E-state index contributed by atoms with van der Waals surface area (Å²) in [4.78, 5) is 19.1. The van der Waals surface area contributed by atoms with Crippen LogP contribution in [0.2, 0.25) is 0 Å². The van der Waals surface area contributed by atoms with E-state index < -0.39 is 0 Å². The quantitative estimate of drug-likeness (QED) is 0.758. The largest absolute Gasteiger partial charge is 0.486 e. The zero-order valence-electron chi connectivity index (χ0n) is 14.9. The van der Waals surface area contributed by atoms with Crippen molar-refractivity contribution in [3.63, 3.8) is 0 Å². The first-order chi connectivity index (χ1) is 13.2. The molecule has 136 valence electrons. The van der Waals surface area contributed by atoms with Crippen LogP contribution in [0.3, 0.4) is 0 Å². The smallest absolute Gasteiger partial charge is 0.276 e. The summed E-state index contributed by atoms with van der Waals surface area (Å²) in [5.41, 5.74) is 4.96. The number of rotatable bonds is 2. The lowest BCUT2D eigenvalue weighted by atomic mass is 10.1. The van der Waals surface area contributed by atoms with Gasteiger partial charge in [-0.2, -0.15) is 5.10 Å². The lowest BCUT2D eigenvalue weighted by molar-refractivity contribution is 0.0984. The van der Waals surface area contributed by atoms with Crippen molar-refractivity contribution in [1.82, 2.24) is 15.2 Å². The van der Waals surface area contributed by atoms with Crippen LogP contribution in [-0.2, 0) is 6.42 Å². The lowest BCUT2D eigenvalue weighted by Crippen LogP contribution is -2.29. The van der Waals surface area contributed by atoms with Gasteiger partial charge in [-0.25, -0.2) is 0 Å². The van der Waals surface area contributed by atoms with Gasteiger partial charge in [-0.3, -0.25) is 14.9 Å². The van der Waals surface area contributed by atoms with Crippen molar-refractivity contribution in [3.05, 3.63) is 53.5 Å². The van der Waals surface area contributed by atoms with Crippen LogP contribution in [-0.4, -0.2) is 40.8 Å². The number of nitrogens with zero attached hydrogens (tertiary/aromatic N) is 3. The zero-order valence-corrected chi connectivity index (χ0v) is 14.9. The fourth-order valence-electron chi connectivity index (χ4n) is 3.51. The summed E-state index contributed by atoms with van der Waals surface area (Å²) in [7, 11) is 0. The van der Waals surface area contributed by atoms with Gasteiger partial charge in [0.25, 0.3) is 5.91 Å². The molecule has 0 unspecified atom stereocenters. The number of aromatic nitrogens is 3. The van der Waals surface area contributed by atoms with Gasteiger partial charge in [0, 0.05) is 24.0 Å². The number of amides is 1. The van der Waals surface area contributed by atoms with E-state index in [0.29, 0.717) is 36.9 Å². The maximum atomic E-state index is 13.0. The molecule has 1 aromatic carbocycles. The number of aromatic amines is 1. The number of nitrogens with one attached hydrogen (secondary N) is 1. The van der Waals surface area contributed by atoms with Crippen molar-refractivity contribution in [3.8, 4) is 22.8 Å². The molecule has 0 aliphatic carbocycles. The zero-order chi connectivity index (χ0) is 18.4. The molecule has 0 atom stereocenters.